The van der Waals surface area contributed by atoms with Gasteiger partial charge in [-0.1, -0.05) is 12.1 Å². The van der Waals surface area contributed by atoms with Gasteiger partial charge in [0, 0.05) is 11.9 Å². The number of nitrogens with one attached hydrogen (secondary N) is 1. The summed E-state index contributed by atoms with van der Waals surface area (Å²) in [7, 11) is 0. The molecule has 0 radical (unpaired) electrons. The van der Waals surface area contributed by atoms with Crippen LogP contribution in [0.25, 0.3) is 0 Å². The summed E-state index contributed by atoms with van der Waals surface area (Å²) in [5.41, 5.74) is 0.124. The molecule has 2 aromatic carbocycles. The lowest BCUT2D eigenvalue weighted by atomic mass is 10.1. The molecule has 0 spiro atoms. The molecule has 150 valence electrons. The van der Waals surface area contributed by atoms with Crippen molar-refractivity contribution in [3.63, 3.8) is 0 Å². The minimum absolute atomic E-state index is 0.0755. The molecule has 1 N–H and O–H groups in total. The van der Waals surface area contributed by atoms with E-state index in [1.54, 1.807) is 19.9 Å². The summed E-state index contributed by atoms with van der Waals surface area (Å²) in [5.74, 6) is -1.56. The number of hydrogen-bond donors (Lipinski definition) is 1. The van der Waals surface area contributed by atoms with Crippen LogP contribution in [-0.4, -0.2) is 10.9 Å². The van der Waals surface area contributed by atoms with Gasteiger partial charge in [-0.25, -0.2) is 9.37 Å². The first-order valence-electron chi connectivity index (χ1n) is 8.53. The van der Waals surface area contributed by atoms with Gasteiger partial charge in [-0.2, -0.15) is 13.2 Å². The van der Waals surface area contributed by atoms with Gasteiger partial charge < -0.3 is 10.1 Å². The molecule has 0 aliphatic rings. The van der Waals surface area contributed by atoms with Crippen LogP contribution in [0.1, 0.15) is 27.2 Å². The summed E-state index contributed by atoms with van der Waals surface area (Å²) in [6.45, 7) is 3.21. The highest BCUT2D eigenvalue weighted by molar-refractivity contribution is 6.05. The number of pyridine rings is 1. The number of carbonyl (C=O) groups is 1. The van der Waals surface area contributed by atoms with E-state index in [2.05, 4.69) is 10.3 Å². The van der Waals surface area contributed by atoms with Crippen molar-refractivity contribution in [1.82, 2.24) is 4.98 Å². The molecule has 0 saturated carbocycles. The van der Waals surface area contributed by atoms with Crippen molar-refractivity contribution in [2.75, 3.05) is 5.32 Å². The second-order valence-corrected chi connectivity index (χ2v) is 6.37. The van der Waals surface area contributed by atoms with Gasteiger partial charge in [-0.05, 0) is 61.4 Å². The molecule has 3 rings (SSSR count). The van der Waals surface area contributed by atoms with Crippen LogP contribution in [0.3, 0.4) is 0 Å². The van der Waals surface area contributed by atoms with E-state index >= 15 is 0 Å². The molecule has 4 nitrogen and oxygen atoms in total. The number of halogens is 4. The number of carbonyl (C=O) groups excluding carboxylic acids is 1. The number of benzene rings is 2. The molecule has 29 heavy (non-hydrogen) atoms. The van der Waals surface area contributed by atoms with Gasteiger partial charge in [0.2, 0.25) is 0 Å². The van der Waals surface area contributed by atoms with Gasteiger partial charge in [0.15, 0.2) is 11.4 Å². The first-order valence-corrected chi connectivity index (χ1v) is 8.53. The van der Waals surface area contributed by atoms with E-state index in [9.17, 15) is 22.4 Å². The van der Waals surface area contributed by atoms with Gasteiger partial charge in [0.05, 0.1) is 5.56 Å². The number of aryl methyl sites for hydroxylation is 2. The Hall–Kier alpha value is -3.42. The van der Waals surface area contributed by atoms with Gasteiger partial charge >= 0.3 is 6.18 Å². The molecular weight excluding hydrogens is 388 g/mol. The smallest absolute Gasteiger partial charge is 0.437 e. The first kappa shape index (κ1) is 20.3. The maximum absolute atomic E-state index is 13.9. The molecule has 0 bridgehead atoms. The molecule has 1 heterocycles. The number of rotatable bonds is 4. The molecule has 0 aliphatic carbocycles. The van der Waals surface area contributed by atoms with E-state index in [0.717, 1.165) is 6.20 Å². The van der Waals surface area contributed by atoms with Crippen LogP contribution in [0.5, 0.6) is 11.5 Å². The van der Waals surface area contributed by atoms with Crippen molar-refractivity contribution in [1.29, 1.82) is 0 Å². The largest absolute Gasteiger partial charge is 0.455 e. The molecule has 1 amide bonds. The van der Waals surface area contributed by atoms with Crippen LogP contribution in [0.15, 0.2) is 54.7 Å². The number of nitrogens with zero attached hydrogens (tertiary/aromatic N) is 1. The van der Waals surface area contributed by atoms with Gasteiger partial charge in [-0.15, -0.1) is 0 Å². The third-order valence-electron chi connectivity index (χ3n) is 4.05. The zero-order valence-electron chi connectivity index (χ0n) is 15.5. The number of aromatic nitrogens is 1. The third kappa shape index (κ3) is 4.71. The zero-order chi connectivity index (χ0) is 21.2. The standard InChI is InChI=1S/C21H16F4N2O2/c1-12-10-17(19(26-11-12)21(23,24)25)29-15-8-6-14(7-9-15)27-20(28)18-13(2)4-3-5-16(18)22/h3-11H,1-2H3,(H,27,28). The molecule has 0 fully saturated rings. The summed E-state index contributed by atoms with van der Waals surface area (Å²) in [4.78, 5) is 15.7. The molecule has 1 aromatic heterocycles. The monoisotopic (exact) mass is 404 g/mol. The molecule has 3 aromatic rings. The van der Waals surface area contributed by atoms with Crippen LogP contribution < -0.4 is 10.1 Å². The van der Waals surface area contributed by atoms with Gasteiger partial charge in [-0.3, -0.25) is 4.79 Å². The number of anilines is 1. The van der Waals surface area contributed by atoms with E-state index in [-0.39, 0.29) is 11.3 Å². The number of alkyl halides is 3. The minimum Gasteiger partial charge on any atom is -0.455 e. The topological polar surface area (TPSA) is 51.2 Å². The Balaban J connectivity index is 1.78. The Morgan fingerprint density at radius 3 is 2.38 bits per heavy atom. The average Bonchev–Trinajstić information content (AvgIpc) is 2.62. The fourth-order valence-electron chi connectivity index (χ4n) is 2.68. The lowest BCUT2D eigenvalue weighted by Crippen LogP contribution is -2.15. The lowest BCUT2D eigenvalue weighted by molar-refractivity contribution is -0.142. The number of amides is 1. The minimum atomic E-state index is -4.66. The van der Waals surface area contributed by atoms with E-state index in [4.69, 9.17) is 4.74 Å². The van der Waals surface area contributed by atoms with E-state index < -0.39 is 29.3 Å². The summed E-state index contributed by atoms with van der Waals surface area (Å²) in [6, 6.07) is 11.2. The van der Waals surface area contributed by atoms with Crippen molar-refractivity contribution in [3.8, 4) is 11.5 Å². The Morgan fingerprint density at radius 2 is 1.76 bits per heavy atom. The van der Waals surface area contributed by atoms with Crippen molar-refractivity contribution in [2.45, 2.75) is 20.0 Å². The summed E-state index contributed by atoms with van der Waals surface area (Å²) >= 11 is 0. The van der Waals surface area contributed by atoms with Crippen LogP contribution >= 0.6 is 0 Å². The zero-order valence-corrected chi connectivity index (χ0v) is 15.5. The maximum Gasteiger partial charge on any atom is 0.437 e. The molecule has 8 heteroatoms. The summed E-state index contributed by atoms with van der Waals surface area (Å²) in [5, 5.41) is 2.55. The number of ether oxygens (including phenoxy) is 1. The molecule has 0 saturated heterocycles. The second kappa shape index (κ2) is 7.90. The van der Waals surface area contributed by atoms with Crippen LogP contribution in [-0.2, 0) is 6.18 Å². The van der Waals surface area contributed by atoms with Crippen LogP contribution in [0.4, 0.5) is 23.2 Å². The van der Waals surface area contributed by atoms with E-state index in [1.807, 2.05) is 0 Å². The number of hydrogen-bond acceptors (Lipinski definition) is 3. The Bertz CT molecular complexity index is 1030. The maximum atomic E-state index is 13.9. The van der Waals surface area contributed by atoms with Crippen LogP contribution in [0, 0.1) is 19.7 Å². The predicted molar refractivity (Wildman–Crippen MR) is 99.6 cm³/mol. The van der Waals surface area contributed by atoms with Crippen molar-refractivity contribution in [3.05, 3.63) is 82.9 Å². The highest BCUT2D eigenvalue weighted by Gasteiger charge is 2.36. The third-order valence-corrected chi connectivity index (χ3v) is 4.05. The highest BCUT2D eigenvalue weighted by atomic mass is 19.4. The predicted octanol–water partition coefficient (Wildman–Crippen LogP) is 5.90. The Labute approximate surface area is 164 Å². The fourth-order valence-corrected chi connectivity index (χ4v) is 2.68. The Morgan fingerprint density at radius 1 is 1.07 bits per heavy atom. The SMILES string of the molecule is Cc1cnc(C(F)(F)F)c(Oc2ccc(NC(=O)c3c(C)cccc3F)cc2)c1. The highest BCUT2D eigenvalue weighted by Crippen LogP contribution is 2.37. The summed E-state index contributed by atoms with van der Waals surface area (Å²) in [6.07, 6.45) is -3.55. The Kier molecular flexibility index (Phi) is 5.54. The first-order chi connectivity index (χ1) is 13.6. The van der Waals surface area contributed by atoms with Crippen molar-refractivity contribution >= 4 is 11.6 Å². The second-order valence-electron chi connectivity index (χ2n) is 6.37. The fraction of sp³-hybridized carbons (Fsp3) is 0.143. The van der Waals surface area contributed by atoms with Crippen molar-refractivity contribution < 1.29 is 27.1 Å². The average molecular weight is 404 g/mol. The van der Waals surface area contributed by atoms with E-state index in [0.29, 0.717) is 16.8 Å². The normalized spacial score (nSPS) is 11.2. The van der Waals surface area contributed by atoms with E-state index in [1.165, 1.54) is 42.5 Å². The van der Waals surface area contributed by atoms with Gasteiger partial charge in [0.25, 0.3) is 5.91 Å². The quantitative estimate of drug-likeness (QED) is 0.551. The molecule has 0 atom stereocenters. The van der Waals surface area contributed by atoms with Gasteiger partial charge in [0.1, 0.15) is 11.6 Å². The molecule has 0 unspecified atom stereocenters. The molecule has 0 aliphatic heterocycles. The lowest BCUT2D eigenvalue weighted by Gasteiger charge is -2.14. The van der Waals surface area contributed by atoms with Crippen LogP contribution in [0.2, 0.25) is 0 Å². The summed E-state index contributed by atoms with van der Waals surface area (Å²) < 4.78 is 58.5. The van der Waals surface area contributed by atoms with Crippen molar-refractivity contribution in [2.24, 2.45) is 0 Å². The molecular formula is C21H16F4N2O2.